The molecule has 2 aliphatic rings. The van der Waals surface area contributed by atoms with E-state index in [1.54, 1.807) is 39.4 Å². The molecule has 0 unspecified atom stereocenters. The van der Waals surface area contributed by atoms with Crippen molar-refractivity contribution in [2.45, 2.75) is 46.1 Å². The van der Waals surface area contributed by atoms with E-state index in [9.17, 15) is 14.0 Å². The maximum Gasteiger partial charge on any atom is 0.410 e. The molecule has 0 bridgehead atoms. The Bertz CT molecular complexity index is 1630. The summed E-state index contributed by atoms with van der Waals surface area (Å²) in [5, 5.41) is 8.31. The highest BCUT2D eigenvalue weighted by Crippen LogP contribution is 2.43. The van der Waals surface area contributed by atoms with E-state index < -0.39 is 11.4 Å². The number of likely N-dealkylation sites (tertiary alicyclic amines) is 1. The van der Waals surface area contributed by atoms with Gasteiger partial charge in [0.2, 0.25) is 0 Å². The van der Waals surface area contributed by atoms with Crippen molar-refractivity contribution in [3.8, 4) is 0 Å². The van der Waals surface area contributed by atoms with E-state index in [2.05, 4.69) is 20.3 Å². The molecule has 5 heterocycles. The second-order valence-electron chi connectivity index (χ2n) is 12.2. The molecule has 2 amide bonds. The number of fused-ring (bicyclic) bond motifs is 2. The molecule has 0 atom stereocenters. The number of carbonyl (C=O) groups excluding carboxylic acids is 2. The average molecular weight is 548 g/mol. The zero-order valence-electron chi connectivity index (χ0n) is 23.5. The van der Waals surface area contributed by atoms with Gasteiger partial charge < -0.3 is 24.3 Å². The first kappa shape index (κ1) is 26.1. The first-order valence-corrected chi connectivity index (χ1v) is 13.6. The zero-order chi connectivity index (χ0) is 28.4. The summed E-state index contributed by atoms with van der Waals surface area (Å²) in [4.78, 5) is 34.0. The molecule has 1 aromatic carbocycles. The number of imidazole rings is 1. The number of anilines is 2. The van der Waals surface area contributed by atoms with Crippen LogP contribution in [0.2, 0.25) is 0 Å². The van der Waals surface area contributed by atoms with Crippen LogP contribution in [0.15, 0.2) is 36.8 Å². The van der Waals surface area contributed by atoms with Crippen molar-refractivity contribution in [1.29, 1.82) is 0 Å². The van der Waals surface area contributed by atoms with Crippen LogP contribution in [0.5, 0.6) is 0 Å². The summed E-state index contributed by atoms with van der Waals surface area (Å²) in [6, 6.07) is 5.03. The Hall–Kier alpha value is -4.15. The highest BCUT2D eigenvalue weighted by atomic mass is 19.1. The van der Waals surface area contributed by atoms with E-state index in [1.807, 2.05) is 40.1 Å². The number of pyridine rings is 1. The fourth-order valence-corrected chi connectivity index (χ4v) is 5.87. The standard InChI is InChI=1S/C29H34FN7O3/c1-18-13-36-14-19(12-22(30)25(36)31-18)32-26(38)20-6-7-23(21-15-34(5)33-24(20)21)35-10-8-29(9-11-35)16-37(17-29)27(39)40-28(2,3)4/h6-7,12-15H,8-11,16-17H2,1-5H3,(H,32,38). The number of aromatic nitrogens is 4. The van der Waals surface area contributed by atoms with E-state index in [1.165, 1.54) is 6.07 Å². The van der Waals surface area contributed by atoms with Crippen LogP contribution in [-0.4, -0.2) is 67.8 Å². The van der Waals surface area contributed by atoms with E-state index in [0.29, 0.717) is 22.5 Å². The van der Waals surface area contributed by atoms with Crippen molar-refractivity contribution in [2.24, 2.45) is 12.5 Å². The van der Waals surface area contributed by atoms with Crippen LogP contribution in [0.3, 0.4) is 0 Å². The largest absolute Gasteiger partial charge is 0.444 e. The maximum atomic E-state index is 14.6. The van der Waals surface area contributed by atoms with E-state index >= 15 is 0 Å². The van der Waals surface area contributed by atoms with Crippen molar-refractivity contribution in [3.63, 3.8) is 0 Å². The van der Waals surface area contributed by atoms with Gasteiger partial charge in [-0.25, -0.2) is 14.2 Å². The van der Waals surface area contributed by atoms with Gasteiger partial charge in [-0.05, 0) is 52.7 Å². The SMILES string of the molecule is Cc1cn2cc(NC(=O)c3ccc(N4CCC5(CC4)CN(C(=O)OC(C)(C)C)C5)c4cn(C)nc34)cc(F)c2n1. The molecule has 210 valence electrons. The van der Waals surface area contributed by atoms with Crippen LogP contribution >= 0.6 is 0 Å². The van der Waals surface area contributed by atoms with Crippen molar-refractivity contribution < 1.29 is 18.7 Å². The number of hydrogen-bond donors (Lipinski definition) is 1. The van der Waals surface area contributed by atoms with Crippen molar-refractivity contribution in [1.82, 2.24) is 24.1 Å². The summed E-state index contributed by atoms with van der Waals surface area (Å²) in [6.45, 7) is 10.6. The van der Waals surface area contributed by atoms with E-state index in [-0.39, 0.29) is 23.1 Å². The van der Waals surface area contributed by atoms with Crippen molar-refractivity contribution >= 4 is 39.9 Å². The number of rotatable bonds is 3. The summed E-state index contributed by atoms with van der Waals surface area (Å²) in [5.74, 6) is -0.868. The van der Waals surface area contributed by atoms with Crippen LogP contribution in [0.1, 0.15) is 49.7 Å². The summed E-state index contributed by atoms with van der Waals surface area (Å²) in [6.07, 6.45) is 6.99. The Morgan fingerprint density at radius 1 is 1.10 bits per heavy atom. The van der Waals surface area contributed by atoms with Crippen LogP contribution in [0.25, 0.3) is 16.6 Å². The number of carbonyl (C=O) groups is 2. The quantitative estimate of drug-likeness (QED) is 0.397. The molecule has 0 saturated carbocycles. The minimum Gasteiger partial charge on any atom is -0.444 e. The number of halogens is 1. The summed E-state index contributed by atoms with van der Waals surface area (Å²) in [7, 11) is 1.83. The zero-order valence-corrected chi connectivity index (χ0v) is 23.5. The first-order valence-electron chi connectivity index (χ1n) is 13.6. The summed E-state index contributed by atoms with van der Waals surface area (Å²) < 4.78 is 23.4. The third kappa shape index (κ3) is 4.73. The van der Waals surface area contributed by atoms with Gasteiger partial charge in [-0.1, -0.05) is 0 Å². The Kier molecular flexibility index (Phi) is 6.01. The monoisotopic (exact) mass is 547 g/mol. The van der Waals surface area contributed by atoms with Gasteiger partial charge in [-0.15, -0.1) is 0 Å². The highest BCUT2D eigenvalue weighted by Gasteiger charge is 2.48. The Morgan fingerprint density at radius 2 is 1.82 bits per heavy atom. The van der Waals surface area contributed by atoms with E-state index in [4.69, 9.17) is 4.74 Å². The van der Waals surface area contributed by atoms with Crippen LogP contribution < -0.4 is 10.2 Å². The van der Waals surface area contributed by atoms with Crippen molar-refractivity contribution in [3.05, 3.63) is 53.9 Å². The van der Waals surface area contributed by atoms with Crippen LogP contribution in [-0.2, 0) is 11.8 Å². The van der Waals surface area contributed by atoms with Gasteiger partial charge in [0.1, 0.15) is 11.1 Å². The van der Waals surface area contributed by atoms with Gasteiger partial charge in [0.05, 0.1) is 16.9 Å². The molecule has 2 fully saturated rings. The second-order valence-corrected chi connectivity index (χ2v) is 12.2. The van der Waals surface area contributed by atoms with Gasteiger partial charge in [-0.3, -0.25) is 9.48 Å². The number of ether oxygens (including phenoxy) is 1. The Balaban J connectivity index is 1.17. The highest BCUT2D eigenvalue weighted by molar-refractivity contribution is 6.13. The first-order chi connectivity index (χ1) is 18.9. The molecule has 0 aliphatic carbocycles. The molecular formula is C29H34FN7O3. The molecule has 11 heteroatoms. The number of piperidine rings is 1. The number of benzene rings is 1. The smallest absolute Gasteiger partial charge is 0.410 e. The Morgan fingerprint density at radius 3 is 2.52 bits per heavy atom. The molecular weight excluding hydrogens is 513 g/mol. The lowest BCUT2D eigenvalue weighted by atomic mass is 9.72. The normalized spacial score (nSPS) is 16.9. The fourth-order valence-electron chi connectivity index (χ4n) is 5.87. The molecule has 4 aromatic rings. The van der Waals surface area contributed by atoms with Gasteiger partial charge in [-0.2, -0.15) is 5.10 Å². The number of hydrogen-bond acceptors (Lipinski definition) is 6. The molecule has 1 spiro atoms. The average Bonchev–Trinajstić information content (AvgIpc) is 3.42. The number of aryl methyl sites for hydroxylation is 2. The fraction of sp³-hybridized carbons (Fsp3) is 0.448. The third-order valence-corrected chi connectivity index (χ3v) is 7.77. The summed E-state index contributed by atoms with van der Waals surface area (Å²) in [5.41, 5.74) is 2.92. The van der Waals surface area contributed by atoms with E-state index in [0.717, 1.165) is 50.1 Å². The number of nitrogens with zero attached hydrogens (tertiary/aromatic N) is 6. The van der Waals surface area contributed by atoms with Gasteiger partial charge in [0.15, 0.2) is 11.5 Å². The molecule has 1 N–H and O–H groups in total. The lowest BCUT2D eigenvalue weighted by molar-refractivity contribution is -0.0434. The second kappa shape index (κ2) is 9.21. The van der Waals surface area contributed by atoms with Gasteiger partial charge in [0, 0.05) is 74.4 Å². The van der Waals surface area contributed by atoms with Crippen LogP contribution in [0, 0.1) is 18.2 Å². The maximum absolute atomic E-state index is 14.6. The third-order valence-electron chi connectivity index (χ3n) is 7.77. The number of nitrogens with one attached hydrogen (secondary N) is 1. The molecule has 40 heavy (non-hydrogen) atoms. The lowest BCUT2D eigenvalue weighted by Gasteiger charge is -2.54. The van der Waals surface area contributed by atoms with Crippen molar-refractivity contribution in [2.75, 3.05) is 36.4 Å². The molecule has 10 nitrogen and oxygen atoms in total. The predicted octanol–water partition coefficient (Wildman–Crippen LogP) is 4.76. The van der Waals surface area contributed by atoms with Gasteiger partial charge >= 0.3 is 6.09 Å². The Labute approximate surface area is 231 Å². The minimum atomic E-state index is -0.507. The molecule has 2 saturated heterocycles. The minimum absolute atomic E-state index is 0.130. The predicted molar refractivity (Wildman–Crippen MR) is 150 cm³/mol. The molecule has 6 rings (SSSR count). The van der Waals surface area contributed by atoms with Crippen LogP contribution in [0.4, 0.5) is 20.6 Å². The number of amides is 2. The molecule has 0 radical (unpaired) electrons. The molecule has 2 aliphatic heterocycles. The molecule has 3 aromatic heterocycles. The van der Waals surface area contributed by atoms with Gasteiger partial charge in [0.25, 0.3) is 5.91 Å². The lowest BCUT2D eigenvalue weighted by Crippen LogP contribution is -2.62. The summed E-state index contributed by atoms with van der Waals surface area (Å²) >= 11 is 0. The topological polar surface area (TPSA) is 97.0 Å².